The Morgan fingerprint density at radius 1 is 1.35 bits per heavy atom. The molecule has 1 aliphatic rings. The Labute approximate surface area is 170 Å². The van der Waals surface area contributed by atoms with Crippen molar-refractivity contribution in [2.75, 3.05) is 27.3 Å². The van der Waals surface area contributed by atoms with E-state index in [2.05, 4.69) is 30.8 Å². The fourth-order valence-corrected chi connectivity index (χ4v) is 2.65. The zero-order valence-electron chi connectivity index (χ0n) is 15.0. The van der Waals surface area contributed by atoms with E-state index < -0.39 is 0 Å². The highest BCUT2D eigenvalue weighted by Gasteiger charge is 2.15. The summed E-state index contributed by atoms with van der Waals surface area (Å²) in [5.41, 5.74) is 0.934. The third-order valence-electron chi connectivity index (χ3n) is 4.05. The minimum Gasteiger partial charge on any atom is -0.497 e. The van der Waals surface area contributed by atoms with Gasteiger partial charge in [0.1, 0.15) is 11.6 Å². The van der Waals surface area contributed by atoms with Crippen LogP contribution in [0.2, 0.25) is 0 Å². The van der Waals surface area contributed by atoms with Crippen LogP contribution < -0.4 is 15.4 Å². The lowest BCUT2D eigenvalue weighted by Crippen LogP contribution is -2.40. The van der Waals surface area contributed by atoms with Crippen LogP contribution in [-0.2, 0) is 11.3 Å². The number of aromatic amines is 1. The van der Waals surface area contributed by atoms with Gasteiger partial charge in [-0.15, -0.1) is 24.0 Å². The van der Waals surface area contributed by atoms with Crippen LogP contribution in [0.25, 0.3) is 11.4 Å². The van der Waals surface area contributed by atoms with Gasteiger partial charge in [-0.1, -0.05) is 0 Å². The predicted octanol–water partition coefficient (Wildman–Crippen LogP) is 1.94. The first-order chi connectivity index (χ1) is 12.3. The fourth-order valence-electron chi connectivity index (χ4n) is 2.65. The molecule has 1 saturated heterocycles. The summed E-state index contributed by atoms with van der Waals surface area (Å²) in [6, 6.07) is 7.64. The van der Waals surface area contributed by atoms with Crippen LogP contribution in [0.1, 0.15) is 18.7 Å². The van der Waals surface area contributed by atoms with Crippen molar-refractivity contribution in [3.05, 3.63) is 30.1 Å². The van der Waals surface area contributed by atoms with Gasteiger partial charge in [0.2, 0.25) is 0 Å². The van der Waals surface area contributed by atoms with Gasteiger partial charge in [0.25, 0.3) is 0 Å². The number of ether oxygens (including phenoxy) is 2. The number of benzene rings is 1. The smallest absolute Gasteiger partial charge is 0.191 e. The van der Waals surface area contributed by atoms with Crippen LogP contribution in [-0.4, -0.2) is 54.6 Å². The van der Waals surface area contributed by atoms with Crippen molar-refractivity contribution in [2.45, 2.75) is 25.5 Å². The largest absolute Gasteiger partial charge is 0.497 e. The van der Waals surface area contributed by atoms with E-state index in [9.17, 15) is 0 Å². The molecule has 1 aromatic carbocycles. The average molecular weight is 472 g/mol. The van der Waals surface area contributed by atoms with Crippen LogP contribution in [0.3, 0.4) is 0 Å². The van der Waals surface area contributed by atoms with E-state index in [1.165, 1.54) is 0 Å². The summed E-state index contributed by atoms with van der Waals surface area (Å²) in [6.45, 7) is 2.12. The summed E-state index contributed by atoms with van der Waals surface area (Å²) < 4.78 is 10.8. The summed E-state index contributed by atoms with van der Waals surface area (Å²) in [7, 11) is 3.39. The highest BCUT2D eigenvalue weighted by Crippen LogP contribution is 2.18. The standard InChI is InChI=1S/C17H24N6O2.HI/c1-18-17(19-10-14-4-3-9-25-14)20-11-15-21-16(23-22-15)12-5-7-13(24-2)8-6-12;/h5-8,14H,3-4,9-11H2,1-2H3,(H2,18,19,20)(H,21,22,23);1H. The Balaban J connectivity index is 0.00000243. The van der Waals surface area contributed by atoms with Crippen molar-refractivity contribution in [1.29, 1.82) is 0 Å². The van der Waals surface area contributed by atoms with E-state index in [-0.39, 0.29) is 30.1 Å². The monoisotopic (exact) mass is 472 g/mol. The van der Waals surface area contributed by atoms with Crippen LogP contribution in [0.5, 0.6) is 5.75 Å². The number of aliphatic imine (C=N–C) groups is 1. The lowest BCUT2D eigenvalue weighted by atomic mass is 10.2. The molecular formula is C17H25IN6O2. The summed E-state index contributed by atoms with van der Waals surface area (Å²) in [6.07, 6.45) is 2.49. The molecule has 0 bridgehead atoms. The third-order valence-corrected chi connectivity index (χ3v) is 4.05. The van der Waals surface area contributed by atoms with Crippen LogP contribution in [0.15, 0.2) is 29.3 Å². The maximum Gasteiger partial charge on any atom is 0.191 e. The number of nitrogens with one attached hydrogen (secondary N) is 3. The number of hydrogen-bond acceptors (Lipinski definition) is 5. The van der Waals surface area contributed by atoms with Crippen molar-refractivity contribution in [2.24, 2.45) is 4.99 Å². The quantitative estimate of drug-likeness (QED) is 0.338. The first-order valence-electron chi connectivity index (χ1n) is 8.40. The van der Waals surface area contributed by atoms with Gasteiger partial charge >= 0.3 is 0 Å². The Hall–Kier alpha value is -1.88. The molecule has 0 saturated carbocycles. The minimum atomic E-state index is 0. The van der Waals surface area contributed by atoms with Gasteiger partial charge in [0.15, 0.2) is 11.8 Å². The Morgan fingerprint density at radius 3 is 2.81 bits per heavy atom. The second kappa shape index (κ2) is 10.3. The van der Waals surface area contributed by atoms with E-state index in [1.54, 1.807) is 14.2 Å². The molecule has 0 amide bonds. The molecule has 8 nitrogen and oxygen atoms in total. The molecule has 26 heavy (non-hydrogen) atoms. The number of halogens is 1. The van der Waals surface area contributed by atoms with E-state index >= 15 is 0 Å². The second-order valence-electron chi connectivity index (χ2n) is 5.78. The zero-order valence-corrected chi connectivity index (χ0v) is 17.3. The van der Waals surface area contributed by atoms with Crippen molar-refractivity contribution < 1.29 is 9.47 Å². The molecule has 1 aromatic heterocycles. The second-order valence-corrected chi connectivity index (χ2v) is 5.78. The van der Waals surface area contributed by atoms with Crippen LogP contribution >= 0.6 is 24.0 Å². The SMILES string of the molecule is CN=C(NCc1nc(-c2ccc(OC)cc2)n[nH]1)NCC1CCCO1.I. The molecule has 3 rings (SSSR count). The number of methoxy groups -OCH3 is 1. The average Bonchev–Trinajstić information content (AvgIpc) is 3.34. The maximum absolute atomic E-state index is 5.60. The Kier molecular flexibility index (Phi) is 8.10. The minimum absolute atomic E-state index is 0. The van der Waals surface area contributed by atoms with Gasteiger partial charge in [-0.05, 0) is 37.1 Å². The van der Waals surface area contributed by atoms with Crippen LogP contribution in [0.4, 0.5) is 0 Å². The first-order valence-corrected chi connectivity index (χ1v) is 8.40. The molecular weight excluding hydrogens is 447 g/mol. The molecule has 142 valence electrons. The number of rotatable bonds is 6. The molecule has 0 radical (unpaired) electrons. The molecule has 1 atom stereocenters. The van der Waals surface area contributed by atoms with E-state index in [1.807, 2.05) is 24.3 Å². The van der Waals surface area contributed by atoms with Crippen molar-refractivity contribution in [3.63, 3.8) is 0 Å². The number of hydrogen-bond donors (Lipinski definition) is 3. The Bertz CT molecular complexity index is 698. The Morgan fingerprint density at radius 2 is 2.15 bits per heavy atom. The van der Waals surface area contributed by atoms with E-state index in [0.29, 0.717) is 12.4 Å². The van der Waals surface area contributed by atoms with Gasteiger partial charge in [-0.25, -0.2) is 4.98 Å². The number of guanidine groups is 1. The molecule has 1 unspecified atom stereocenters. The van der Waals surface area contributed by atoms with Crippen molar-refractivity contribution in [1.82, 2.24) is 25.8 Å². The van der Waals surface area contributed by atoms with Crippen molar-refractivity contribution in [3.8, 4) is 17.1 Å². The summed E-state index contributed by atoms with van der Waals surface area (Å²) in [5, 5.41) is 13.7. The molecule has 2 heterocycles. The van der Waals surface area contributed by atoms with Gasteiger partial charge in [-0.3, -0.25) is 10.1 Å². The summed E-state index contributed by atoms with van der Waals surface area (Å²) >= 11 is 0. The topological polar surface area (TPSA) is 96.5 Å². The predicted molar refractivity (Wildman–Crippen MR) is 111 cm³/mol. The molecule has 0 aliphatic carbocycles. The number of nitrogens with zero attached hydrogens (tertiary/aromatic N) is 3. The third kappa shape index (κ3) is 5.56. The zero-order chi connectivity index (χ0) is 17.5. The lowest BCUT2D eigenvalue weighted by molar-refractivity contribution is 0.114. The highest BCUT2D eigenvalue weighted by molar-refractivity contribution is 14.0. The lowest BCUT2D eigenvalue weighted by Gasteiger charge is -2.14. The molecule has 2 aromatic rings. The summed E-state index contributed by atoms with van der Waals surface area (Å²) in [4.78, 5) is 8.71. The highest BCUT2D eigenvalue weighted by atomic mass is 127. The van der Waals surface area contributed by atoms with E-state index in [4.69, 9.17) is 9.47 Å². The normalized spacial score (nSPS) is 16.8. The van der Waals surface area contributed by atoms with Gasteiger partial charge in [0.05, 0.1) is 19.8 Å². The van der Waals surface area contributed by atoms with Crippen molar-refractivity contribution >= 4 is 29.9 Å². The molecule has 1 aliphatic heterocycles. The van der Waals surface area contributed by atoms with Gasteiger partial charge in [0, 0.05) is 25.8 Å². The maximum atomic E-state index is 5.60. The molecule has 0 spiro atoms. The first kappa shape index (κ1) is 20.4. The number of H-pyrrole nitrogens is 1. The molecule has 9 heteroatoms. The summed E-state index contributed by atoms with van der Waals surface area (Å²) in [5.74, 6) is 2.92. The fraction of sp³-hybridized carbons (Fsp3) is 0.471. The van der Waals surface area contributed by atoms with Crippen LogP contribution in [0, 0.1) is 0 Å². The molecule has 1 fully saturated rings. The van der Waals surface area contributed by atoms with Gasteiger partial charge in [-0.2, -0.15) is 5.10 Å². The number of aromatic nitrogens is 3. The van der Waals surface area contributed by atoms with E-state index in [0.717, 1.165) is 49.1 Å². The molecule has 3 N–H and O–H groups in total. The van der Waals surface area contributed by atoms with Gasteiger partial charge < -0.3 is 20.1 Å².